The van der Waals surface area contributed by atoms with Crippen molar-refractivity contribution >= 4 is 40.8 Å². The third kappa shape index (κ3) is 5.69. The predicted octanol–water partition coefficient (Wildman–Crippen LogP) is 7.21. The molecule has 1 fully saturated rings. The Labute approximate surface area is 249 Å². The third-order valence-electron chi connectivity index (χ3n) is 7.26. The molecule has 0 aromatic heterocycles. The molecule has 1 aliphatic heterocycles. The van der Waals surface area contributed by atoms with Gasteiger partial charge in [-0.3, -0.25) is 4.79 Å². The van der Waals surface area contributed by atoms with E-state index in [0.29, 0.717) is 12.1 Å². The molecule has 12 heteroatoms. The van der Waals surface area contributed by atoms with E-state index in [1.807, 2.05) is 20.8 Å². The number of nitriles is 1. The quantitative estimate of drug-likeness (QED) is 0.252. The van der Waals surface area contributed by atoms with E-state index in [2.05, 4.69) is 16.7 Å². The first-order valence-corrected chi connectivity index (χ1v) is 13.5. The average Bonchev–Trinajstić information content (AvgIpc) is 3.18. The number of anilines is 1. The number of carbonyl (C=O) groups excluding carboxylic acids is 1. The van der Waals surface area contributed by atoms with Crippen molar-refractivity contribution in [3.63, 3.8) is 0 Å². The lowest BCUT2D eigenvalue weighted by atomic mass is 9.62. The van der Waals surface area contributed by atoms with E-state index in [1.54, 1.807) is 0 Å². The van der Waals surface area contributed by atoms with Gasteiger partial charge in [0.1, 0.15) is 34.2 Å². The Hall–Kier alpha value is -3.65. The Morgan fingerprint density at radius 3 is 2.24 bits per heavy atom. The minimum absolute atomic E-state index is 0.0521. The Morgan fingerprint density at radius 1 is 1.05 bits per heavy atom. The first-order valence-electron chi connectivity index (χ1n) is 12.7. The van der Waals surface area contributed by atoms with Crippen LogP contribution >= 0.6 is 23.2 Å². The lowest BCUT2D eigenvalue weighted by Gasteiger charge is -2.37. The van der Waals surface area contributed by atoms with Gasteiger partial charge in [0.25, 0.3) is 0 Å². The molecular weight excluding hydrogens is 597 g/mol. The molecular formula is C30H25Cl2F4N3O3. The maximum absolute atomic E-state index is 15.7. The van der Waals surface area contributed by atoms with Gasteiger partial charge < -0.3 is 15.7 Å². The lowest BCUT2D eigenvalue weighted by Crippen LogP contribution is -2.45. The Morgan fingerprint density at radius 2 is 1.69 bits per heavy atom. The summed E-state index contributed by atoms with van der Waals surface area (Å²) in [5.74, 6) is -8.84. The number of carbonyl (C=O) groups is 2. The average molecular weight is 622 g/mol. The standard InChI is InChI=1S/C30H25Cl2F4N3O3/c1-29(2,3)12-22-30(13-37,17-8-7-14(31)9-19(17)33)24(16-5-4-6-18(32)25(16)36)26(39-22)27(40)38-15-10-20(34)23(28(41)42)21(35)11-15/h4-11,22,24,26,39H,12H2,1-3H3,(H,38,40)(H,41,42)/t22-,24-,26+,30-/m0/s1. The van der Waals surface area contributed by atoms with Gasteiger partial charge in [-0.05, 0) is 47.7 Å². The van der Waals surface area contributed by atoms with Crippen LogP contribution in [0.1, 0.15) is 54.6 Å². The summed E-state index contributed by atoms with van der Waals surface area (Å²) < 4.78 is 60.2. The second-order valence-electron chi connectivity index (χ2n) is 11.3. The maximum Gasteiger partial charge on any atom is 0.341 e. The molecule has 1 heterocycles. The van der Waals surface area contributed by atoms with Crippen LogP contribution in [0.2, 0.25) is 10.0 Å². The summed E-state index contributed by atoms with van der Waals surface area (Å²) in [5, 5.41) is 25.1. The van der Waals surface area contributed by atoms with Crippen molar-refractivity contribution in [3.05, 3.63) is 98.5 Å². The molecule has 220 valence electrons. The van der Waals surface area contributed by atoms with E-state index in [1.165, 1.54) is 30.3 Å². The van der Waals surface area contributed by atoms with Crippen molar-refractivity contribution in [2.45, 2.75) is 50.6 Å². The van der Waals surface area contributed by atoms with Gasteiger partial charge in [-0.25, -0.2) is 22.4 Å². The molecule has 0 unspecified atom stereocenters. The largest absolute Gasteiger partial charge is 0.477 e. The number of carboxylic acid groups (broad SMARTS) is 1. The van der Waals surface area contributed by atoms with Gasteiger partial charge >= 0.3 is 5.97 Å². The number of nitrogens with one attached hydrogen (secondary N) is 2. The SMILES string of the molecule is CC(C)(C)C[C@@H]1N[C@@H](C(=O)Nc2cc(F)c(C(=O)O)c(F)c2)[C@H](c2cccc(Cl)c2F)[C@@]1(C#N)c1ccc(Cl)cc1F. The fourth-order valence-corrected chi connectivity index (χ4v) is 5.97. The van der Waals surface area contributed by atoms with Crippen LogP contribution in [-0.4, -0.2) is 29.1 Å². The number of benzene rings is 3. The lowest BCUT2D eigenvalue weighted by molar-refractivity contribution is -0.118. The van der Waals surface area contributed by atoms with Crippen LogP contribution in [0.4, 0.5) is 23.2 Å². The molecule has 3 aromatic rings. The number of halogens is 6. The molecule has 3 N–H and O–H groups in total. The summed E-state index contributed by atoms with van der Waals surface area (Å²) in [6.45, 7) is 5.60. The highest BCUT2D eigenvalue weighted by molar-refractivity contribution is 6.31. The van der Waals surface area contributed by atoms with Gasteiger partial charge in [-0.1, -0.05) is 62.2 Å². The Bertz CT molecular complexity index is 1600. The zero-order valence-electron chi connectivity index (χ0n) is 22.5. The van der Waals surface area contributed by atoms with Gasteiger partial charge in [0.2, 0.25) is 5.91 Å². The second kappa shape index (κ2) is 11.6. The number of carboxylic acids is 1. The zero-order valence-corrected chi connectivity index (χ0v) is 24.0. The summed E-state index contributed by atoms with van der Waals surface area (Å²) in [4.78, 5) is 25.0. The monoisotopic (exact) mass is 621 g/mol. The number of aromatic carboxylic acids is 1. The van der Waals surface area contributed by atoms with Crippen LogP contribution in [-0.2, 0) is 10.2 Å². The fraction of sp³-hybridized carbons (Fsp3) is 0.300. The molecule has 3 aromatic carbocycles. The smallest absolute Gasteiger partial charge is 0.341 e. The molecule has 1 amide bonds. The number of hydrogen-bond acceptors (Lipinski definition) is 4. The van der Waals surface area contributed by atoms with E-state index in [4.69, 9.17) is 28.3 Å². The summed E-state index contributed by atoms with van der Waals surface area (Å²) >= 11 is 12.1. The molecule has 42 heavy (non-hydrogen) atoms. The minimum atomic E-state index is -1.90. The van der Waals surface area contributed by atoms with Crippen molar-refractivity contribution in [1.29, 1.82) is 5.26 Å². The topological polar surface area (TPSA) is 102 Å². The Kier molecular flexibility index (Phi) is 8.61. The van der Waals surface area contributed by atoms with E-state index in [9.17, 15) is 23.6 Å². The van der Waals surface area contributed by atoms with Gasteiger partial charge in [-0.15, -0.1) is 0 Å². The predicted molar refractivity (Wildman–Crippen MR) is 150 cm³/mol. The van der Waals surface area contributed by atoms with Gasteiger partial charge in [0, 0.05) is 28.2 Å². The highest BCUT2D eigenvalue weighted by atomic mass is 35.5. The van der Waals surface area contributed by atoms with Crippen LogP contribution in [0.25, 0.3) is 0 Å². The number of hydrogen-bond donors (Lipinski definition) is 3. The van der Waals surface area contributed by atoms with Crippen LogP contribution < -0.4 is 10.6 Å². The van der Waals surface area contributed by atoms with Crippen LogP contribution in [0, 0.1) is 40.0 Å². The fourth-order valence-electron chi connectivity index (χ4n) is 5.63. The van der Waals surface area contributed by atoms with E-state index in [0.717, 1.165) is 6.07 Å². The Balaban J connectivity index is 1.94. The highest BCUT2D eigenvalue weighted by Gasteiger charge is 2.61. The summed E-state index contributed by atoms with van der Waals surface area (Å²) in [6.07, 6.45) is 0.210. The first-order chi connectivity index (χ1) is 19.6. The van der Waals surface area contributed by atoms with Gasteiger partial charge in [0.05, 0.1) is 17.1 Å². The van der Waals surface area contributed by atoms with Crippen LogP contribution in [0.3, 0.4) is 0 Å². The molecule has 0 radical (unpaired) electrons. The molecule has 1 aliphatic rings. The van der Waals surface area contributed by atoms with Crippen molar-refractivity contribution < 1.29 is 32.3 Å². The molecule has 6 nitrogen and oxygen atoms in total. The molecule has 4 atom stereocenters. The molecule has 0 bridgehead atoms. The van der Waals surface area contributed by atoms with E-state index >= 15 is 8.78 Å². The molecule has 0 spiro atoms. The molecule has 1 saturated heterocycles. The minimum Gasteiger partial charge on any atom is -0.477 e. The number of nitrogens with zero attached hydrogens (tertiary/aromatic N) is 1. The summed E-state index contributed by atoms with van der Waals surface area (Å²) in [6, 6.07) is 8.75. The van der Waals surface area contributed by atoms with Crippen molar-refractivity contribution in [3.8, 4) is 6.07 Å². The van der Waals surface area contributed by atoms with Gasteiger partial charge in [-0.2, -0.15) is 5.26 Å². The third-order valence-corrected chi connectivity index (χ3v) is 7.78. The van der Waals surface area contributed by atoms with Crippen molar-refractivity contribution in [2.75, 3.05) is 5.32 Å². The van der Waals surface area contributed by atoms with E-state index in [-0.39, 0.29) is 27.6 Å². The highest BCUT2D eigenvalue weighted by Crippen LogP contribution is 2.53. The van der Waals surface area contributed by atoms with Gasteiger partial charge in [0.15, 0.2) is 0 Å². The zero-order chi connectivity index (χ0) is 31.1. The maximum atomic E-state index is 15.7. The summed E-state index contributed by atoms with van der Waals surface area (Å²) in [7, 11) is 0. The first kappa shape index (κ1) is 31.3. The molecule has 4 rings (SSSR count). The van der Waals surface area contributed by atoms with Crippen molar-refractivity contribution in [1.82, 2.24) is 5.32 Å². The molecule has 0 saturated carbocycles. The normalized spacial score (nSPS) is 22.0. The number of amides is 1. The van der Waals surface area contributed by atoms with Crippen LogP contribution in [0.15, 0.2) is 48.5 Å². The summed E-state index contributed by atoms with van der Waals surface area (Å²) in [5.41, 5.74) is -4.33. The molecule has 0 aliphatic carbocycles. The van der Waals surface area contributed by atoms with Crippen molar-refractivity contribution in [2.24, 2.45) is 5.41 Å². The second-order valence-corrected chi connectivity index (χ2v) is 12.1. The van der Waals surface area contributed by atoms with Crippen LogP contribution in [0.5, 0.6) is 0 Å². The van der Waals surface area contributed by atoms with E-state index < -0.39 is 75.2 Å². The number of rotatable bonds is 6.